The number of Topliss-reactive ketones (excluding diaryl/α,β-unsaturated/α-hetero) is 1. The first kappa shape index (κ1) is 13.9. The number of likely N-dealkylation sites (N-methyl/N-ethyl adjacent to an activating group) is 1. The van der Waals surface area contributed by atoms with E-state index in [-0.39, 0.29) is 5.78 Å². The molecular weight excluding hydrogens is 210 g/mol. The van der Waals surface area contributed by atoms with E-state index in [1.807, 2.05) is 38.2 Å². The largest absolute Gasteiger partial charge is 0.299 e. The lowest BCUT2D eigenvalue weighted by atomic mass is 10.0. The minimum absolute atomic E-state index is 0.217. The molecule has 2 nitrogen and oxygen atoms in total. The van der Waals surface area contributed by atoms with Crippen molar-refractivity contribution >= 4 is 5.78 Å². The molecular formula is C15H23NO. The highest BCUT2D eigenvalue weighted by molar-refractivity contribution is 5.98. The van der Waals surface area contributed by atoms with Gasteiger partial charge in [-0.25, -0.2) is 0 Å². The molecule has 0 aliphatic heterocycles. The average Bonchev–Trinajstić information content (AvgIpc) is 2.26. The predicted molar refractivity (Wildman–Crippen MR) is 72.5 cm³/mol. The van der Waals surface area contributed by atoms with E-state index in [9.17, 15) is 4.79 Å². The topological polar surface area (TPSA) is 20.3 Å². The van der Waals surface area contributed by atoms with Crippen molar-refractivity contribution in [2.75, 3.05) is 20.1 Å². The molecule has 0 spiro atoms. The van der Waals surface area contributed by atoms with E-state index in [0.717, 1.165) is 24.1 Å². The van der Waals surface area contributed by atoms with E-state index in [4.69, 9.17) is 0 Å². The molecule has 94 valence electrons. The molecule has 0 heterocycles. The van der Waals surface area contributed by atoms with Crippen molar-refractivity contribution in [3.63, 3.8) is 0 Å². The maximum Gasteiger partial charge on any atom is 0.177 e. The first-order valence-electron chi connectivity index (χ1n) is 6.28. The highest BCUT2D eigenvalue weighted by atomic mass is 16.1. The Morgan fingerprint density at radius 3 is 2.53 bits per heavy atom. The Kier molecular flexibility index (Phi) is 5.36. The molecule has 0 N–H and O–H groups in total. The summed E-state index contributed by atoms with van der Waals surface area (Å²) >= 11 is 0. The van der Waals surface area contributed by atoms with E-state index < -0.39 is 0 Å². The minimum Gasteiger partial charge on any atom is -0.299 e. The molecule has 0 fully saturated rings. The number of hydrogen-bond donors (Lipinski definition) is 0. The zero-order chi connectivity index (χ0) is 12.8. The summed E-state index contributed by atoms with van der Waals surface area (Å²) in [6.07, 6.45) is 1.14. The third kappa shape index (κ3) is 4.70. The van der Waals surface area contributed by atoms with Gasteiger partial charge in [-0.15, -0.1) is 0 Å². The molecule has 0 aliphatic rings. The number of rotatable bonds is 6. The molecule has 0 aliphatic carbocycles. The van der Waals surface area contributed by atoms with E-state index in [1.165, 1.54) is 0 Å². The Morgan fingerprint density at radius 1 is 1.29 bits per heavy atom. The maximum absolute atomic E-state index is 12.1. The second-order valence-corrected chi connectivity index (χ2v) is 5.16. The van der Waals surface area contributed by atoms with Crippen molar-refractivity contribution in [3.8, 4) is 0 Å². The normalized spacial score (nSPS) is 11.2. The predicted octanol–water partition coefficient (Wildman–Crippen LogP) is 3.16. The van der Waals surface area contributed by atoms with Crippen molar-refractivity contribution in [2.45, 2.75) is 27.2 Å². The van der Waals surface area contributed by atoms with Crippen LogP contribution in [-0.2, 0) is 0 Å². The molecule has 0 bridgehead atoms. The van der Waals surface area contributed by atoms with Crippen LogP contribution in [0.3, 0.4) is 0 Å². The van der Waals surface area contributed by atoms with E-state index in [0.29, 0.717) is 12.5 Å². The van der Waals surface area contributed by atoms with Gasteiger partial charge in [0.15, 0.2) is 5.78 Å². The summed E-state index contributed by atoms with van der Waals surface area (Å²) in [5.74, 6) is 0.903. The summed E-state index contributed by atoms with van der Waals surface area (Å²) < 4.78 is 0. The molecule has 0 amide bonds. The van der Waals surface area contributed by atoms with Gasteiger partial charge < -0.3 is 0 Å². The highest BCUT2D eigenvalue weighted by Gasteiger charge is 2.11. The maximum atomic E-state index is 12.1. The number of carbonyl (C=O) groups excluding carboxylic acids is 1. The zero-order valence-electron chi connectivity index (χ0n) is 11.4. The molecule has 17 heavy (non-hydrogen) atoms. The van der Waals surface area contributed by atoms with Gasteiger partial charge >= 0.3 is 0 Å². The van der Waals surface area contributed by atoms with Crippen LogP contribution in [0.4, 0.5) is 0 Å². The number of aryl methyl sites for hydroxylation is 1. The number of benzene rings is 1. The third-order valence-electron chi connectivity index (χ3n) is 2.95. The molecule has 1 aromatic rings. The first-order valence-corrected chi connectivity index (χ1v) is 6.28. The monoisotopic (exact) mass is 233 g/mol. The summed E-state index contributed by atoms with van der Waals surface area (Å²) in [5.41, 5.74) is 1.92. The lowest BCUT2D eigenvalue weighted by molar-refractivity contribution is 0.0943. The first-order chi connectivity index (χ1) is 8.00. The van der Waals surface area contributed by atoms with Crippen molar-refractivity contribution in [1.82, 2.24) is 4.90 Å². The Balaban J connectivity index is 2.52. The van der Waals surface area contributed by atoms with E-state index in [1.54, 1.807) is 0 Å². The van der Waals surface area contributed by atoms with E-state index in [2.05, 4.69) is 18.7 Å². The van der Waals surface area contributed by atoms with Crippen LogP contribution >= 0.6 is 0 Å². The molecule has 0 atom stereocenters. The molecule has 0 saturated carbocycles. The van der Waals surface area contributed by atoms with Crippen LogP contribution in [0.25, 0.3) is 0 Å². The molecule has 1 aromatic carbocycles. The summed E-state index contributed by atoms with van der Waals surface area (Å²) in [7, 11) is 2.01. The summed E-state index contributed by atoms with van der Waals surface area (Å²) in [6, 6.07) is 7.79. The molecule has 0 radical (unpaired) electrons. The van der Waals surface area contributed by atoms with Gasteiger partial charge in [0.25, 0.3) is 0 Å². The lowest BCUT2D eigenvalue weighted by Crippen LogP contribution is -2.28. The fourth-order valence-electron chi connectivity index (χ4n) is 1.77. The van der Waals surface area contributed by atoms with E-state index >= 15 is 0 Å². The van der Waals surface area contributed by atoms with Crippen LogP contribution in [-0.4, -0.2) is 30.8 Å². The fraction of sp³-hybridized carbons (Fsp3) is 0.533. The Bertz CT molecular complexity index is 371. The van der Waals surface area contributed by atoms with Gasteiger partial charge in [0, 0.05) is 5.56 Å². The van der Waals surface area contributed by atoms with Crippen molar-refractivity contribution in [2.24, 2.45) is 5.92 Å². The number of nitrogens with zero attached hydrogens (tertiary/aromatic N) is 1. The van der Waals surface area contributed by atoms with Crippen molar-refractivity contribution in [3.05, 3.63) is 35.4 Å². The van der Waals surface area contributed by atoms with Crippen LogP contribution in [0, 0.1) is 12.8 Å². The lowest BCUT2D eigenvalue weighted by Gasteiger charge is -2.17. The van der Waals surface area contributed by atoms with Gasteiger partial charge in [0.1, 0.15) is 0 Å². The molecule has 0 aromatic heterocycles. The molecule has 0 saturated heterocycles. The Hall–Kier alpha value is -1.15. The average molecular weight is 233 g/mol. The second kappa shape index (κ2) is 6.55. The van der Waals surface area contributed by atoms with Gasteiger partial charge in [0.2, 0.25) is 0 Å². The number of carbonyl (C=O) groups is 1. The Morgan fingerprint density at radius 2 is 1.94 bits per heavy atom. The van der Waals surface area contributed by atoms with Gasteiger partial charge in [-0.05, 0) is 38.4 Å². The Labute approximate surface area is 105 Å². The van der Waals surface area contributed by atoms with Gasteiger partial charge in [-0.1, -0.05) is 38.1 Å². The van der Waals surface area contributed by atoms with Crippen molar-refractivity contribution in [1.29, 1.82) is 0 Å². The number of ketones is 1. The summed E-state index contributed by atoms with van der Waals surface area (Å²) in [6.45, 7) is 7.89. The highest BCUT2D eigenvalue weighted by Crippen LogP contribution is 2.09. The fourth-order valence-corrected chi connectivity index (χ4v) is 1.77. The summed E-state index contributed by atoms with van der Waals surface area (Å²) in [5, 5.41) is 0. The molecule has 1 rings (SSSR count). The second-order valence-electron chi connectivity index (χ2n) is 5.16. The van der Waals surface area contributed by atoms with Crippen LogP contribution in [0.5, 0.6) is 0 Å². The zero-order valence-corrected chi connectivity index (χ0v) is 11.4. The number of hydrogen-bond acceptors (Lipinski definition) is 2. The quantitative estimate of drug-likeness (QED) is 0.703. The standard InChI is InChI=1S/C15H23NO/c1-12(2)9-10-16(4)11-15(17)14-8-6-5-7-13(14)3/h5-8,12H,9-11H2,1-4H3. The van der Waals surface area contributed by atoms with Crippen LogP contribution in [0.2, 0.25) is 0 Å². The SMILES string of the molecule is Cc1ccccc1C(=O)CN(C)CCC(C)C. The summed E-state index contributed by atoms with van der Waals surface area (Å²) in [4.78, 5) is 14.2. The van der Waals surface area contributed by atoms with Crippen LogP contribution < -0.4 is 0 Å². The molecule has 0 unspecified atom stereocenters. The minimum atomic E-state index is 0.217. The smallest absolute Gasteiger partial charge is 0.177 e. The van der Waals surface area contributed by atoms with Gasteiger partial charge in [-0.3, -0.25) is 9.69 Å². The third-order valence-corrected chi connectivity index (χ3v) is 2.95. The van der Waals surface area contributed by atoms with Crippen molar-refractivity contribution < 1.29 is 4.79 Å². The van der Waals surface area contributed by atoms with Gasteiger partial charge in [0.05, 0.1) is 6.54 Å². The van der Waals surface area contributed by atoms with Gasteiger partial charge in [-0.2, -0.15) is 0 Å². The van der Waals surface area contributed by atoms with Crippen LogP contribution in [0.1, 0.15) is 36.2 Å². The molecule has 2 heteroatoms. The van der Waals surface area contributed by atoms with Crippen LogP contribution in [0.15, 0.2) is 24.3 Å².